The van der Waals surface area contributed by atoms with Crippen LogP contribution in [0.2, 0.25) is 0 Å². The first kappa shape index (κ1) is 25.3. The number of alkyl halides is 1. The molecule has 0 aliphatic rings. The van der Waals surface area contributed by atoms with E-state index in [0.717, 1.165) is 31.2 Å². The molecule has 2 unspecified atom stereocenters. The van der Waals surface area contributed by atoms with Crippen molar-refractivity contribution in [2.24, 2.45) is 5.92 Å². The third kappa shape index (κ3) is 9.80. The van der Waals surface area contributed by atoms with E-state index in [-0.39, 0.29) is 12.5 Å². The molecule has 1 aromatic heterocycles. The van der Waals surface area contributed by atoms with Gasteiger partial charge >= 0.3 is 0 Å². The van der Waals surface area contributed by atoms with E-state index in [1.165, 1.54) is 50.5 Å². The predicted octanol–water partition coefficient (Wildman–Crippen LogP) is 7.98. The Labute approximate surface area is 188 Å². The molecule has 0 aliphatic heterocycles. The molecule has 2 rings (SSSR count). The van der Waals surface area contributed by atoms with Gasteiger partial charge in [-0.1, -0.05) is 72.1 Å². The highest BCUT2D eigenvalue weighted by atomic mass is 19.1. The SMILES string of the molecule is CCCCCCCCCc1cnc(-c2ccc(OCC(F)C(C)CCCC)cc2)nc1. The van der Waals surface area contributed by atoms with Crippen LogP contribution in [0.3, 0.4) is 0 Å². The molecule has 1 aromatic carbocycles. The quantitative estimate of drug-likeness (QED) is 0.254. The molecule has 2 atom stereocenters. The molecule has 31 heavy (non-hydrogen) atoms. The van der Waals surface area contributed by atoms with Crippen molar-refractivity contribution < 1.29 is 9.13 Å². The average Bonchev–Trinajstić information content (AvgIpc) is 2.81. The van der Waals surface area contributed by atoms with Gasteiger partial charge in [-0.2, -0.15) is 0 Å². The summed E-state index contributed by atoms with van der Waals surface area (Å²) in [5, 5.41) is 0. The molecule has 0 aliphatic carbocycles. The lowest BCUT2D eigenvalue weighted by Crippen LogP contribution is -2.21. The van der Waals surface area contributed by atoms with Gasteiger partial charge in [-0.25, -0.2) is 14.4 Å². The third-order valence-electron chi connectivity index (χ3n) is 5.93. The Morgan fingerprint density at radius 2 is 1.45 bits per heavy atom. The molecule has 0 saturated heterocycles. The second-order valence-electron chi connectivity index (χ2n) is 8.76. The molecule has 0 saturated carbocycles. The fraction of sp³-hybridized carbons (Fsp3) is 0.630. The Kier molecular flexibility index (Phi) is 12.2. The number of nitrogens with zero attached hydrogens (tertiary/aromatic N) is 2. The number of aryl methyl sites for hydroxylation is 1. The monoisotopic (exact) mass is 428 g/mol. The van der Waals surface area contributed by atoms with E-state index >= 15 is 0 Å². The van der Waals surface area contributed by atoms with Crippen LogP contribution in [-0.4, -0.2) is 22.7 Å². The highest BCUT2D eigenvalue weighted by molar-refractivity contribution is 5.55. The molecule has 0 spiro atoms. The highest BCUT2D eigenvalue weighted by Crippen LogP contribution is 2.21. The zero-order valence-electron chi connectivity index (χ0n) is 19.8. The van der Waals surface area contributed by atoms with Gasteiger partial charge in [-0.15, -0.1) is 0 Å². The summed E-state index contributed by atoms with van der Waals surface area (Å²) in [7, 11) is 0. The first-order valence-corrected chi connectivity index (χ1v) is 12.3. The van der Waals surface area contributed by atoms with Gasteiger partial charge in [0.25, 0.3) is 0 Å². The van der Waals surface area contributed by atoms with Crippen LogP contribution >= 0.6 is 0 Å². The summed E-state index contributed by atoms with van der Waals surface area (Å²) in [4.78, 5) is 9.06. The van der Waals surface area contributed by atoms with E-state index in [4.69, 9.17) is 4.74 Å². The molecule has 0 fully saturated rings. The lowest BCUT2D eigenvalue weighted by Gasteiger charge is -2.17. The van der Waals surface area contributed by atoms with E-state index in [2.05, 4.69) is 23.8 Å². The van der Waals surface area contributed by atoms with E-state index in [1.54, 1.807) is 0 Å². The Morgan fingerprint density at radius 3 is 2.10 bits per heavy atom. The topological polar surface area (TPSA) is 35.0 Å². The van der Waals surface area contributed by atoms with Crippen molar-refractivity contribution in [1.82, 2.24) is 9.97 Å². The normalized spacial score (nSPS) is 13.2. The van der Waals surface area contributed by atoms with Crippen LogP contribution in [-0.2, 0) is 6.42 Å². The van der Waals surface area contributed by atoms with Crippen molar-refractivity contribution in [2.45, 2.75) is 97.6 Å². The largest absolute Gasteiger partial charge is 0.491 e. The van der Waals surface area contributed by atoms with Crippen LogP contribution in [0, 0.1) is 5.92 Å². The molecule has 4 heteroatoms. The van der Waals surface area contributed by atoms with Crippen molar-refractivity contribution in [3.05, 3.63) is 42.2 Å². The van der Waals surface area contributed by atoms with Gasteiger partial charge in [0.1, 0.15) is 18.5 Å². The van der Waals surface area contributed by atoms with Crippen molar-refractivity contribution in [3.8, 4) is 17.1 Å². The molecular weight excluding hydrogens is 387 g/mol. The van der Waals surface area contributed by atoms with Gasteiger partial charge < -0.3 is 4.74 Å². The Bertz CT molecular complexity index is 702. The summed E-state index contributed by atoms with van der Waals surface area (Å²) in [5.41, 5.74) is 2.14. The molecule has 172 valence electrons. The van der Waals surface area contributed by atoms with Crippen molar-refractivity contribution in [2.75, 3.05) is 6.61 Å². The fourth-order valence-electron chi connectivity index (χ4n) is 3.67. The maximum absolute atomic E-state index is 14.2. The molecule has 3 nitrogen and oxygen atoms in total. The summed E-state index contributed by atoms with van der Waals surface area (Å²) in [6.45, 7) is 6.45. The van der Waals surface area contributed by atoms with E-state index in [9.17, 15) is 4.39 Å². The van der Waals surface area contributed by atoms with Gasteiger partial charge in [-0.3, -0.25) is 0 Å². The zero-order valence-corrected chi connectivity index (χ0v) is 19.8. The maximum atomic E-state index is 14.2. The second kappa shape index (κ2) is 14.9. The predicted molar refractivity (Wildman–Crippen MR) is 128 cm³/mol. The Hall–Kier alpha value is -1.97. The van der Waals surface area contributed by atoms with E-state index < -0.39 is 6.17 Å². The summed E-state index contributed by atoms with van der Waals surface area (Å²) < 4.78 is 19.9. The van der Waals surface area contributed by atoms with Crippen molar-refractivity contribution >= 4 is 0 Å². The first-order chi connectivity index (χ1) is 15.1. The number of aromatic nitrogens is 2. The molecule has 0 N–H and O–H groups in total. The highest BCUT2D eigenvalue weighted by Gasteiger charge is 2.16. The van der Waals surface area contributed by atoms with Gasteiger partial charge in [-0.05, 0) is 55.0 Å². The number of hydrogen-bond acceptors (Lipinski definition) is 3. The summed E-state index contributed by atoms with van der Waals surface area (Å²) in [6, 6.07) is 7.62. The minimum absolute atomic E-state index is 0.0344. The minimum Gasteiger partial charge on any atom is -0.491 e. The van der Waals surface area contributed by atoms with Crippen LogP contribution in [0.1, 0.15) is 90.5 Å². The lowest BCUT2D eigenvalue weighted by molar-refractivity contribution is 0.142. The Balaban J connectivity index is 1.74. The molecule has 0 amide bonds. The van der Waals surface area contributed by atoms with E-state index in [0.29, 0.717) is 11.6 Å². The van der Waals surface area contributed by atoms with Gasteiger partial charge in [0, 0.05) is 18.0 Å². The number of unbranched alkanes of at least 4 members (excludes halogenated alkanes) is 7. The number of hydrogen-bond donors (Lipinski definition) is 0. The second-order valence-corrected chi connectivity index (χ2v) is 8.76. The summed E-state index contributed by atoms with van der Waals surface area (Å²) in [5.74, 6) is 1.43. The van der Waals surface area contributed by atoms with Gasteiger partial charge in [0.15, 0.2) is 5.82 Å². The van der Waals surface area contributed by atoms with Crippen LogP contribution < -0.4 is 4.74 Å². The van der Waals surface area contributed by atoms with Crippen LogP contribution in [0.25, 0.3) is 11.4 Å². The summed E-state index contributed by atoms with van der Waals surface area (Å²) >= 11 is 0. The zero-order chi connectivity index (χ0) is 22.3. The van der Waals surface area contributed by atoms with Crippen LogP contribution in [0.5, 0.6) is 5.75 Å². The molecule has 0 bridgehead atoms. The van der Waals surface area contributed by atoms with Crippen molar-refractivity contribution in [1.29, 1.82) is 0 Å². The van der Waals surface area contributed by atoms with Gasteiger partial charge in [0.05, 0.1) is 0 Å². The maximum Gasteiger partial charge on any atom is 0.159 e. The van der Waals surface area contributed by atoms with Crippen LogP contribution in [0.15, 0.2) is 36.7 Å². The first-order valence-electron chi connectivity index (χ1n) is 12.3. The number of halogens is 1. The average molecular weight is 429 g/mol. The van der Waals surface area contributed by atoms with Crippen molar-refractivity contribution in [3.63, 3.8) is 0 Å². The molecular formula is C27H41FN2O. The summed E-state index contributed by atoms with van der Waals surface area (Å²) in [6.07, 6.45) is 16.3. The lowest BCUT2D eigenvalue weighted by atomic mass is 10.00. The molecule has 0 radical (unpaired) electrons. The Morgan fingerprint density at radius 1 is 0.839 bits per heavy atom. The molecule has 2 aromatic rings. The minimum atomic E-state index is -0.932. The number of rotatable bonds is 16. The van der Waals surface area contributed by atoms with Gasteiger partial charge in [0.2, 0.25) is 0 Å². The van der Waals surface area contributed by atoms with Crippen LogP contribution in [0.4, 0.5) is 4.39 Å². The molecule has 1 heterocycles. The van der Waals surface area contributed by atoms with E-state index in [1.807, 2.05) is 43.6 Å². The standard InChI is InChI=1S/C27H41FN2O/c1-4-6-8-9-10-11-12-14-23-19-29-27(30-20-23)24-15-17-25(18-16-24)31-21-26(28)22(3)13-7-5-2/h15-20,22,26H,4-14,21H2,1-3H3. The smallest absolute Gasteiger partial charge is 0.159 e. The third-order valence-corrected chi connectivity index (χ3v) is 5.93. The fourth-order valence-corrected chi connectivity index (χ4v) is 3.67. The number of benzene rings is 1. The number of ether oxygens (including phenoxy) is 1.